The van der Waals surface area contributed by atoms with Crippen molar-refractivity contribution in [3.8, 4) is 29.1 Å². The van der Waals surface area contributed by atoms with E-state index < -0.39 is 0 Å². The molecule has 0 saturated carbocycles. The molecule has 0 amide bonds. The molecule has 0 spiro atoms. The van der Waals surface area contributed by atoms with Crippen LogP contribution >= 0.6 is 0 Å². The molecule has 1 aliphatic heterocycles. The molecule has 4 aromatic rings. The van der Waals surface area contributed by atoms with Crippen LogP contribution in [0.15, 0.2) is 47.5 Å². The number of benzene rings is 2. The molecule has 4 N–H and O–H groups in total. The summed E-state index contributed by atoms with van der Waals surface area (Å²) in [5, 5.41) is 7.76. The number of imidazole rings is 1. The molecule has 3 heterocycles. The highest BCUT2D eigenvalue weighted by atomic mass is 16.5. The maximum Gasteiger partial charge on any atom is 0.327 e. The normalized spacial score (nSPS) is 13.1. The van der Waals surface area contributed by atoms with E-state index in [4.69, 9.17) is 25.4 Å². The number of nitrogens with two attached hydrogens (primary N) is 1. The zero-order valence-corrected chi connectivity index (χ0v) is 19.5. The van der Waals surface area contributed by atoms with E-state index >= 15 is 0 Å². The minimum Gasteiger partial charge on any atom is -0.497 e. The van der Waals surface area contributed by atoms with Gasteiger partial charge in [0, 0.05) is 30.8 Å². The predicted molar refractivity (Wildman–Crippen MR) is 131 cm³/mol. The van der Waals surface area contributed by atoms with Gasteiger partial charge >= 0.3 is 6.01 Å². The number of aryl methyl sites for hydroxylation is 1. The number of nitrogens with zero attached hydrogens (tertiary/aromatic N) is 5. The lowest BCUT2D eigenvalue weighted by Gasteiger charge is -2.14. The first-order valence-electron chi connectivity index (χ1n) is 10.9. The van der Waals surface area contributed by atoms with E-state index in [0.29, 0.717) is 39.8 Å². The van der Waals surface area contributed by atoms with Crippen molar-refractivity contribution >= 4 is 22.8 Å². The molecule has 0 radical (unpaired) electrons. The van der Waals surface area contributed by atoms with Crippen molar-refractivity contribution < 1.29 is 14.2 Å². The Labute approximate surface area is 201 Å². The molecule has 0 fully saturated rings. The van der Waals surface area contributed by atoms with Crippen molar-refractivity contribution in [2.75, 3.05) is 27.2 Å². The van der Waals surface area contributed by atoms with Crippen molar-refractivity contribution in [1.82, 2.24) is 24.8 Å². The van der Waals surface area contributed by atoms with Crippen molar-refractivity contribution in [2.45, 2.75) is 6.92 Å². The topological polar surface area (TPSA) is 148 Å². The third-order valence-corrected chi connectivity index (χ3v) is 5.42. The van der Waals surface area contributed by atoms with E-state index in [1.807, 2.05) is 38.2 Å². The summed E-state index contributed by atoms with van der Waals surface area (Å²) >= 11 is 0. The van der Waals surface area contributed by atoms with E-state index in [1.165, 1.54) is 7.11 Å². The fraction of sp³-hybridized carbons (Fsp3) is 0.208. The van der Waals surface area contributed by atoms with Crippen LogP contribution in [-0.2, 0) is 0 Å². The van der Waals surface area contributed by atoms with Crippen molar-refractivity contribution in [2.24, 2.45) is 10.7 Å². The van der Waals surface area contributed by atoms with E-state index in [1.54, 1.807) is 18.2 Å². The Morgan fingerprint density at radius 3 is 2.63 bits per heavy atom. The standard InChI is InChI=1S/C24H24N8O3/c1-13-28-19-21(29-13)30-24(35-16-6-4-5-14(9-16)22-27-7-8-32(22)2)31-23(19)34-18-11-15(20(25)26)10-17(12-18)33-3/h4-6,9-12H,7-8H2,1-3H3,(H3,25,26)(H,28,29,30,31). The number of ether oxygens (including phenoxy) is 3. The fourth-order valence-corrected chi connectivity index (χ4v) is 3.75. The third-order valence-electron chi connectivity index (χ3n) is 5.42. The van der Waals surface area contributed by atoms with Gasteiger partial charge in [-0.1, -0.05) is 12.1 Å². The molecule has 0 unspecified atom stereocenters. The Kier molecular flexibility index (Phi) is 5.65. The average molecular weight is 473 g/mol. The van der Waals surface area contributed by atoms with Gasteiger partial charge in [-0.05, 0) is 31.2 Å². The summed E-state index contributed by atoms with van der Waals surface area (Å²) < 4.78 is 17.4. The molecule has 178 valence electrons. The first-order chi connectivity index (χ1) is 16.9. The highest BCUT2D eigenvalue weighted by Gasteiger charge is 2.18. The Morgan fingerprint density at radius 1 is 1.06 bits per heavy atom. The first-order valence-corrected chi connectivity index (χ1v) is 10.9. The van der Waals surface area contributed by atoms with Gasteiger partial charge < -0.3 is 29.8 Å². The smallest absolute Gasteiger partial charge is 0.327 e. The van der Waals surface area contributed by atoms with E-state index in [2.05, 4.69) is 29.8 Å². The number of fused-ring (bicyclic) bond motifs is 1. The Bertz CT molecular complexity index is 1460. The van der Waals surface area contributed by atoms with Gasteiger partial charge in [0.25, 0.3) is 5.88 Å². The first kappa shape index (κ1) is 22.1. The number of aromatic nitrogens is 4. The highest BCUT2D eigenvalue weighted by Crippen LogP contribution is 2.32. The number of amidine groups is 2. The molecule has 0 aliphatic carbocycles. The van der Waals surface area contributed by atoms with E-state index in [9.17, 15) is 0 Å². The molecule has 11 heteroatoms. The minimum absolute atomic E-state index is 0.0764. The number of aromatic amines is 1. The summed E-state index contributed by atoms with van der Waals surface area (Å²) in [5.74, 6) is 3.10. The second kappa shape index (κ2) is 8.93. The molecule has 0 atom stereocenters. The number of methoxy groups -OCH3 is 1. The fourth-order valence-electron chi connectivity index (χ4n) is 3.75. The maximum atomic E-state index is 7.76. The molecule has 1 aliphatic rings. The molecule has 0 saturated heterocycles. The van der Waals surface area contributed by atoms with E-state index in [0.717, 1.165) is 24.5 Å². The maximum absolute atomic E-state index is 7.76. The lowest BCUT2D eigenvalue weighted by Crippen LogP contribution is -2.23. The summed E-state index contributed by atoms with van der Waals surface area (Å²) in [6, 6.07) is 12.6. The summed E-state index contributed by atoms with van der Waals surface area (Å²) in [7, 11) is 3.54. The second-order valence-electron chi connectivity index (χ2n) is 8.00. The molecule has 2 aromatic carbocycles. The minimum atomic E-state index is -0.111. The average Bonchev–Trinajstić information content (AvgIpc) is 3.43. The number of nitrogen functional groups attached to an aromatic ring is 1. The Morgan fingerprint density at radius 2 is 1.89 bits per heavy atom. The van der Waals surface area contributed by atoms with Gasteiger partial charge in [-0.3, -0.25) is 10.4 Å². The Hall–Kier alpha value is -4.67. The molecular weight excluding hydrogens is 448 g/mol. The van der Waals surface area contributed by atoms with Gasteiger partial charge in [0.1, 0.15) is 40.3 Å². The number of rotatable bonds is 7. The van der Waals surface area contributed by atoms with Gasteiger partial charge in [-0.2, -0.15) is 9.97 Å². The second-order valence-corrected chi connectivity index (χ2v) is 8.00. The zero-order chi connectivity index (χ0) is 24.5. The summed E-state index contributed by atoms with van der Waals surface area (Å²) in [6.07, 6.45) is 0. The van der Waals surface area contributed by atoms with Crippen LogP contribution in [0, 0.1) is 12.3 Å². The Balaban J connectivity index is 1.50. The van der Waals surface area contributed by atoms with Crippen LogP contribution in [0.5, 0.6) is 29.1 Å². The van der Waals surface area contributed by atoms with Crippen LogP contribution in [0.25, 0.3) is 11.2 Å². The van der Waals surface area contributed by atoms with Gasteiger partial charge in [0.05, 0.1) is 13.7 Å². The van der Waals surface area contributed by atoms with Crippen LogP contribution in [0.2, 0.25) is 0 Å². The highest BCUT2D eigenvalue weighted by molar-refractivity contribution is 6.00. The molecule has 11 nitrogen and oxygen atoms in total. The van der Waals surface area contributed by atoms with Gasteiger partial charge in [-0.25, -0.2) is 4.98 Å². The quantitative estimate of drug-likeness (QED) is 0.274. The predicted octanol–water partition coefficient (Wildman–Crippen LogP) is 3.23. The monoisotopic (exact) mass is 472 g/mol. The number of hydrogen-bond donors (Lipinski definition) is 3. The van der Waals surface area contributed by atoms with Crippen LogP contribution < -0.4 is 19.9 Å². The number of likely N-dealkylation sites (N-methyl/N-ethyl adjacent to an activating group) is 1. The molecule has 0 bridgehead atoms. The molecule has 2 aromatic heterocycles. The van der Waals surface area contributed by atoms with Crippen LogP contribution in [0.1, 0.15) is 17.0 Å². The lowest BCUT2D eigenvalue weighted by atomic mass is 10.2. The van der Waals surface area contributed by atoms with Gasteiger partial charge in [-0.15, -0.1) is 0 Å². The van der Waals surface area contributed by atoms with Crippen LogP contribution in [0.3, 0.4) is 0 Å². The van der Waals surface area contributed by atoms with E-state index in [-0.39, 0.29) is 17.7 Å². The summed E-state index contributed by atoms with van der Waals surface area (Å²) in [4.78, 5) is 23.1. The third kappa shape index (κ3) is 4.56. The number of nitrogens with one attached hydrogen (secondary N) is 2. The van der Waals surface area contributed by atoms with Crippen LogP contribution in [0.4, 0.5) is 0 Å². The van der Waals surface area contributed by atoms with Crippen LogP contribution in [-0.4, -0.2) is 63.8 Å². The van der Waals surface area contributed by atoms with Crippen molar-refractivity contribution in [1.29, 1.82) is 5.41 Å². The molecule has 5 rings (SSSR count). The zero-order valence-electron chi connectivity index (χ0n) is 19.5. The lowest BCUT2D eigenvalue weighted by molar-refractivity contribution is 0.402. The largest absolute Gasteiger partial charge is 0.497 e. The van der Waals surface area contributed by atoms with Gasteiger partial charge in [0.2, 0.25) is 0 Å². The number of H-pyrrole nitrogens is 1. The van der Waals surface area contributed by atoms with Crippen molar-refractivity contribution in [3.05, 3.63) is 59.4 Å². The van der Waals surface area contributed by atoms with Crippen molar-refractivity contribution in [3.63, 3.8) is 0 Å². The van der Waals surface area contributed by atoms with Gasteiger partial charge in [0.15, 0.2) is 5.65 Å². The molecular formula is C24H24N8O3. The number of hydrogen-bond acceptors (Lipinski definition) is 9. The summed E-state index contributed by atoms with van der Waals surface area (Å²) in [6.45, 7) is 3.47. The number of aliphatic imine (C=N–C) groups is 1. The summed E-state index contributed by atoms with van der Waals surface area (Å²) in [5.41, 5.74) is 7.98. The SMILES string of the molecule is COc1cc(Oc2nc(Oc3cccc(C4=NCCN4C)c3)nc3nc(C)[nH]c23)cc(C(=N)N)c1. The molecule has 35 heavy (non-hydrogen) atoms.